The Bertz CT molecular complexity index is 380. The normalized spacial score (nSPS) is 11.2. The molecule has 1 rings (SSSR count). The quantitative estimate of drug-likeness (QED) is 0.469. The minimum atomic E-state index is -0.505. The fourth-order valence-electron chi connectivity index (χ4n) is 1.32. The Labute approximate surface area is 89.0 Å². The summed E-state index contributed by atoms with van der Waals surface area (Å²) in [5, 5.41) is 9.04. The van der Waals surface area contributed by atoms with Crippen LogP contribution in [0, 0.1) is 6.92 Å². The molecule has 0 heterocycles. The summed E-state index contributed by atoms with van der Waals surface area (Å²) < 4.78 is 4.84. The number of rotatable bonds is 3. The van der Waals surface area contributed by atoms with E-state index in [1.807, 2.05) is 25.1 Å². The third-order valence-corrected chi connectivity index (χ3v) is 2.06. The molecule has 0 fully saturated rings. The number of hydrogen-bond donors (Lipinski definition) is 1. The first-order chi connectivity index (χ1) is 7.20. The van der Waals surface area contributed by atoms with E-state index < -0.39 is 5.97 Å². The van der Waals surface area contributed by atoms with Crippen LogP contribution in [0.5, 0.6) is 0 Å². The maximum atomic E-state index is 11.5. The topological polar surface area (TPSA) is 46.5 Å². The smallest absolute Gasteiger partial charge is 0.341 e. The summed E-state index contributed by atoms with van der Waals surface area (Å²) in [4.78, 5) is 11.5. The third kappa shape index (κ3) is 2.59. The van der Waals surface area contributed by atoms with Crippen molar-refractivity contribution < 1.29 is 14.6 Å². The van der Waals surface area contributed by atoms with Gasteiger partial charge in [0.05, 0.1) is 12.9 Å². The highest BCUT2D eigenvalue weighted by molar-refractivity contribution is 6.16. The van der Waals surface area contributed by atoms with Crippen LogP contribution < -0.4 is 0 Å². The molecule has 0 aliphatic carbocycles. The SMILES string of the molecule is CCOC(=O)/C(=C/O)c1ccccc1C. The summed E-state index contributed by atoms with van der Waals surface area (Å²) >= 11 is 0. The van der Waals surface area contributed by atoms with E-state index in [1.165, 1.54) is 0 Å². The zero-order valence-corrected chi connectivity index (χ0v) is 8.86. The van der Waals surface area contributed by atoms with Gasteiger partial charge in [-0.3, -0.25) is 0 Å². The molecule has 0 bridgehead atoms. The van der Waals surface area contributed by atoms with Gasteiger partial charge in [0.25, 0.3) is 0 Å². The number of aliphatic hydroxyl groups excluding tert-OH is 1. The van der Waals surface area contributed by atoms with Gasteiger partial charge in [0.15, 0.2) is 0 Å². The Hall–Kier alpha value is -1.77. The monoisotopic (exact) mass is 206 g/mol. The lowest BCUT2D eigenvalue weighted by Gasteiger charge is -2.08. The maximum absolute atomic E-state index is 11.5. The first kappa shape index (κ1) is 11.3. The van der Waals surface area contributed by atoms with Gasteiger partial charge in [0.2, 0.25) is 0 Å². The predicted octanol–water partition coefficient (Wildman–Crippen LogP) is 2.46. The summed E-state index contributed by atoms with van der Waals surface area (Å²) in [7, 11) is 0. The van der Waals surface area contributed by atoms with Crippen LogP contribution in [-0.4, -0.2) is 17.7 Å². The number of hydrogen-bond acceptors (Lipinski definition) is 3. The molecule has 0 aliphatic heterocycles. The van der Waals surface area contributed by atoms with Gasteiger partial charge in [0, 0.05) is 0 Å². The highest BCUT2D eigenvalue weighted by Gasteiger charge is 2.14. The Balaban J connectivity index is 3.04. The Morgan fingerprint density at radius 2 is 2.13 bits per heavy atom. The highest BCUT2D eigenvalue weighted by atomic mass is 16.5. The molecule has 1 N–H and O–H groups in total. The van der Waals surface area contributed by atoms with E-state index in [0.717, 1.165) is 11.8 Å². The van der Waals surface area contributed by atoms with Crippen molar-refractivity contribution in [2.45, 2.75) is 13.8 Å². The van der Waals surface area contributed by atoms with Crippen molar-refractivity contribution in [2.75, 3.05) is 6.61 Å². The van der Waals surface area contributed by atoms with Crippen LogP contribution in [-0.2, 0) is 9.53 Å². The van der Waals surface area contributed by atoms with E-state index in [9.17, 15) is 4.79 Å². The number of ether oxygens (including phenoxy) is 1. The minimum absolute atomic E-state index is 0.190. The van der Waals surface area contributed by atoms with Gasteiger partial charge in [-0.15, -0.1) is 0 Å². The summed E-state index contributed by atoms with van der Waals surface area (Å²) in [5.74, 6) is -0.505. The lowest BCUT2D eigenvalue weighted by molar-refractivity contribution is -0.136. The van der Waals surface area contributed by atoms with Crippen LogP contribution in [0.2, 0.25) is 0 Å². The molecule has 1 aromatic rings. The number of aliphatic hydroxyl groups is 1. The molecule has 3 nitrogen and oxygen atoms in total. The van der Waals surface area contributed by atoms with Gasteiger partial charge in [-0.1, -0.05) is 24.3 Å². The molecule has 0 atom stereocenters. The number of carbonyl (C=O) groups excluding carboxylic acids is 1. The number of carbonyl (C=O) groups is 1. The zero-order valence-electron chi connectivity index (χ0n) is 8.86. The molecule has 0 amide bonds. The Morgan fingerprint density at radius 3 is 2.67 bits per heavy atom. The third-order valence-electron chi connectivity index (χ3n) is 2.06. The number of benzene rings is 1. The molecule has 0 saturated heterocycles. The number of esters is 1. The van der Waals surface area contributed by atoms with Crippen molar-refractivity contribution in [1.82, 2.24) is 0 Å². The highest BCUT2D eigenvalue weighted by Crippen LogP contribution is 2.19. The standard InChI is InChI=1S/C12H14O3/c1-3-15-12(14)11(8-13)10-7-5-4-6-9(10)2/h4-8,13H,3H2,1-2H3/b11-8+. The van der Waals surface area contributed by atoms with Crippen LogP contribution >= 0.6 is 0 Å². The van der Waals surface area contributed by atoms with Gasteiger partial charge < -0.3 is 9.84 Å². The van der Waals surface area contributed by atoms with Gasteiger partial charge in [-0.2, -0.15) is 0 Å². The van der Waals surface area contributed by atoms with Gasteiger partial charge in [-0.25, -0.2) is 4.79 Å². The zero-order chi connectivity index (χ0) is 11.3. The van der Waals surface area contributed by atoms with E-state index in [0.29, 0.717) is 12.2 Å². The molecule has 0 aliphatic rings. The average Bonchev–Trinajstić information content (AvgIpc) is 2.22. The van der Waals surface area contributed by atoms with Crippen molar-refractivity contribution >= 4 is 11.5 Å². The first-order valence-corrected chi connectivity index (χ1v) is 4.78. The van der Waals surface area contributed by atoms with E-state index >= 15 is 0 Å². The predicted molar refractivity (Wildman–Crippen MR) is 58.4 cm³/mol. The van der Waals surface area contributed by atoms with E-state index in [-0.39, 0.29) is 5.57 Å². The van der Waals surface area contributed by atoms with Crippen LogP contribution in [0.4, 0.5) is 0 Å². The number of aryl methyl sites for hydroxylation is 1. The van der Waals surface area contributed by atoms with Crippen molar-refractivity contribution in [1.29, 1.82) is 0 Å². The average molecular weight is 206 g/mol. The summed E-state index contributed by atoms with van der Waals surface area (Å²) in [5.41, 5.74) is 1.80. The Morgan fingerprint density at radius 1 is 1.47 bits per heavy atom. The second-order valence-corrected chi connectivity index (χ2v) is 3.08. The van der Waals surface area contributed by atoms with Crippen molar-refractivity contribution in [3.05, 3.63) is 41.7 Å². The molecule has 0 unspecified atom stereocenters. The first-order valence-electron chi connectivity index (χ1n) is 4.78. The van der Waals surface area contributed by atoms with E-state index in [4.69, 9.17) is 9.84 Å². The van der Waals surface area contributed by atoms with Crippen LogP contribution in [0.3, 0.4) is 0 Å². The van der Waals surface area contributed by atoms with E-state index in [2.05, 4.69) is 0 Å². The summed E-state index contributed by atoms with van der Waals surface area (Å²) in [6.45, 7) is 3.89. The van der Waals surface area contributed by atoms with Crippen LogP contribution in [0.25, 0.3) is 5.57 Å². The van der Waals surface area contributed by atoms with Gasteiger partial charge in [-0.05, 0) is 25.0 Å². The molecule has 80 valence electrons. The van der Waals surface area contributed by atoms with Gasteiger partial charge >= 0.3 is 5.97 Å². The van der Waals surface area contributed by atoms with Crippen molar-refractivity contribution in [2.24, 2.45) is 0 Å². The van der Waals surface area contributed by atoms with Crippen LogP contribution in [0.15, 0.2) is 30.5 Å². The summed E-state index contributed by atoms with van der Waals surface area (Å²) in [6, 6.07) is 7.33. The van der Waals surface area contributed by atoms with Crippen molar-refractivity contribution in [3.8, 4) is 0 Å². The fourth-order valence-corrected chi connectivity index (χ4v) is 1.32. The van der Waals surface area contributed by atoms with E-state index in [1.54, 1.807) is 13.0 Å². The van der Waals surface area contributed by atoms with Gasteiger partial charge in [0.1, 0.15) is 5.57 Å². The lowest BCUT2D eigenvalue weighted by Crippen LogP contribution is -2.07. The molecular weight excluding hydrogens is 192 g/mol. The Kier molecular flexibility index (Phi) is 3.92. The largest absolute Gasteiger partial charge is 0.515 e. The minimum Gasteiger partial charge on any atom is -0.515 e. The second-order valence-electron chi connectivity index (χ2n) is 3.08. The van der Waals surface area contributed by atoms with Crippen molar-refractivity contribution in [3.63, 3.8) is 0 Å². The molecule has 0 radical (unpaired) electrons. The second kappa shape index (κ2) is 5.20. The molecule has 15 heavy (non-hydrogen) atoms. The maximum Gasteiger partial charge on any atom is 0.341 e. The molecule has 1 aromatic carbocycles. The summed E-state index contributed by atoms with van der Waals surface area (Å²) in [6.07, 6.45) is 0.792. The molecule has 3 heteroatoms. The lowest BCUT2D eigenvalue weighted by atomic mass is 10.0. The van der Waals surface area contributed by atoms with Crippen LogP contribution in [0.1, 0.15) is 18.1 Å². The molecule has 0 aromatic heterocycles. The molecule has 0 spiro atoms. The molecule has 0 saturated carbocycles. The fraction of sp³-hybridized carbons (Fsp3) is 0.250. The molecular formula is C12H14O3.